The van der Waals surface area contributed by atoms with E-state index in [0.717, 1.165) is 31.2 Å². The van der Waals surface area contributed by atoms with Gasteiger partial charge < -0.3 is 14.7 Å². The standard InChI is InChI=1S/C21H29NO4/c1-5-7-10-15(6-2)13-22-19(16-11-8-9-12-17(16)26-4)18(14(3)23)20(24)21(22)25/h8-9,11-12,15,19,24H,5-7,10,13H2,1-4H3/t15-,19-/m0/s1. The summed E-state index contributed by atoms with van der Waals surface area (Å²) in [4.78, 5) is 26.6. The van der Waals surface area contributed by atoms with Gasteiger partial charge in [0.05, 0.1) is 18.7 Å². The molecule has 1 heterocycles. The SMILES string of the molecule is CCCC[C@H](CC)CN1C(=O)C(O)=C(C(C)=O)[C@@H]1c1ccccc1OC. The third-order valence-corrected chi connectivity index (χ3v) is 5.11. The molecule has 2 atom stereocenters. The molecule has 0 spiro atoms. The Kier molecular flexibility index (Phi) is 6.83. The number of hydrogen-bond acceptors (Lipinski definition) is 4. The van der Waals surface area contributed by atoms with E-state index in [9.17, 15) is 14.7 Å². The molecule has 0 aliphatic carbocycles. The Hall–Kier alpha value is -2.30. The van der Waals surface area contributed by atoms with Gasteiger partial charge in [-0.05, 0) is 25.3 Å². The van der Waals surface area contributed by atoms with E-state index >= 15 is 0 Å². The van der Waals surface area contributed by atoms with Crippen molar-refractivity contribution >= 4 is 11.7 Å². The van der Waals surface area contributed by atoms with Gasteiger partial charge in [0.2, 0.25) is 0 Å². The summed E-state index contributed by atoms with van der Waals surface area (Å²) < 4.78 is 5.45. The topological polar surface area (TPSA) is 66.8 Å². The first kappa shape index (κ1) is 20.0. The lowest BCUT2D eigenvalue weighted by molar-refractivity contribution is -0.130. The van der Waals surface area contributed by atoms with Gasteiger partial charge in [-0.15, -0.1) is 0 Å². The van der Waals surface area contributed by atoms with E-state index < -0.39 is 17.7 Å². The van der Waals surface area contributed by atoms with Crippen LogP contribution in [-0.2, 0) is 9.59 Å². The number of amides is 1. The maximum atomic E-state index is 12.8. The lowest BCUT2D eigenvalue weighted by atomic mass is 9.93. The Labute approximate surface area is 155 Å². The molecule has 0 bridgehead atoms. The third-order valence-electron chi connectivity index (χ3n) is 5.11. The Balaban J connectivity index is 2.45. The zero-order valence-electron chi connectivity index (χ0n) is 16.1. The van der Waals surface area contributed by atoms with E-state index in [4.69, 9.17) is 4.74 Å². The number of aliphatic hydroxyl groups is 1. The summed E-state index contributed by atoms with van der Waals surface area (Å²) in [5, 5.41) is 10.4. The van der Waals surface area contributed by atoms with Crippen LogP contribution >= 0.6 is 0 Å². The quantitative estimate of drug-likeness (QED) is 0.718. The summed E-state index contributed by atoms with van der Waals surface area (Å²) in [5.41, 5.74) is 0.882. The van der Waals surface area contributed by atoms with Gasteiger partial charge in [0, 0.05) is 12.1 Å². The summed E-state index contributed by atoms with van der Waals surface area (Å²) in [6, 6.07) is 6.74. The number of unbranched alkanes of at least 4 members (excludes halogenated alkanes) is 1. The molecule has 1 N–H and O–H groups in total. The zero-order valence-corrected chi connectivity index (χ0v) is 16.1. The molecule has 2 rings (SSSR count). The maximum Gasteiger partial charge on any atom is 0.290 e. The zero-order chi connectivity index (χ0) is 19.3. The van der Waals surface area contributed by atoms with Crippen molar-refractivity contribution in [1.29, 1.82) is 0 Å². The van der Waals surface area contributed by atoms with Gasteiger partial charge in [-0.2, -0.15) is 0 Å². The van der Waals surface area contributed by atoms with Crippen LogP contribution in [0, 0.1) is 5.92 Å². The minimum absolute atomic E-state index is 0.157. The fourth-order valence-corrected chi connectivity index (χ4v) is 3.61. The highest BCUT2D eigenvalue weighted by Crippen LogP contribution is 2.42. The van der Waals surface area contributed by atoms with E-state index in [-0.39, 0.29) is 11.4 Å². The second kappa shape index (κ2) is 8.88. The molecular formula is C21H29NO4. The number of ketones is 1. The van der Waals surface area contributed by atoms with Crippen molar-refractivity contribution in [3.63, 3.8) is 0 Å². The van der Waals surface area contributed by atoms with Crippen molar-refractivity contribution in [2.24, 2.45) is 5.92 Å². The van der Waals surface area contributed by atoms with Crippen molar-refractivity contribution in [2.45, 2.75) is 52.5 Å². The van der Waals surface area contributed by atoms with Gasteiger partial charge in [0.1, 0.15) is 5.75 Å². The first-order chi connectivity index (χ1) is 12.5. The summed E-state index contributed by atoms with van der Waals surface area (Å²) in [6.45, 7) is 6.16. The molecule has 0 radical (unpaired) electrons. The highest BCUT2D eigenvalue weighted by Gasteiger charge is 2.43. The minimum Gasteiger partial charge on any atom is -0.503 e. The second-order valence-electron chi connectivity index (χ2n) is 6.84. The normalized spacial score (nSPS) is 18.4. The lowest BCUT2D eigenvalue weighted by Crippen LogP contribution is -2.35. The molecule has 0 aromatic heterocycles. The van der Waals surface area contributed by atoms with Gasteiger partial charge in [-0.25, -0.2) is 0 Å². The van der Waals surface area contributed by atoms with Crippen LogP contribution in [-0.4, -0.2) is 35.4 Å². The number of carbonyl (C=O) groups is 2. The van der Waals surface area contributed by atoms with Gasteiger partial charge in [0.15, 0.2) is 11.5 Å². The van der Waals surface area contributed by atoms with Gasteiger partial charge in [0.25, 0.3) is 5.91 Å². The Bertz CT molecular complexity index is 695. The molecular weight excluding hydrogens is 330 g/mol. The first-order valence-corrected chi connectivity index (χ1v) is 9.34. The van der Waals surface area contributed by atoms with Crippen LogP contribution in [0.15, 0.2) is 35.6 Å². The number of para-hydroxylation sites is 1. The number of nitrogens with zero attached hydrogens (tertiary/aromatic N) is 1. The largest absolute Gasteiger partial charge is 0.503 e. The van der Waals surface area contributed by atoms with E-state index in [1.165, 1.54) is 6.92 Å². The van der Waals surface area contributed by atoms with Crippen molar-refractivity contribution < 1.29 is 19.4 Å². The Morgan fingerprint density at radius 2 is 2.00 bits per heavy atom. The van der Waals surface area contributed by atoms with Crippen LogP contribution in [0.3, 0.4) is 0 Å². The summed E-state index contributed by atoms with van der Waals surface area (Å²) in [5.74, 6) is -0.267. The van der Waals surface area contributed by atoms with Crippen molar-refractivity contribution in [3.8, 4) is 5.75 Å². The molecule has 1 aliphatic rings. The molecule has 1 aromatic carbocycles. The highest BCUT2D eigenvalue weighted by molar-refractivity contribution is 6.08. The Morgan fingerprint density at radius 1 is 1.31 bits per heavy atom. The molecule has 0 fully saturated rings. The van der Waals surface area contributed by atoms with Crippen LogP contribution in [0.2, 0.25) is 0 Å². The van der Waals surface area contributed by atoms with Crippen LogP contribution < -0.4 is 4.74 Å². The monoisotopic (exact) mass is 359 g/mol. The predicted molar refractivity (Wildman–Crippen MR) is 101 cm³/mol. The van der Waals surface area contributed by atoms with Crippen LogP contribution in [0.1, 0.15) is 58.1 Å². The first-order valence-electron chi connectivity index (χ1n) is 9.34. The Morgan fingerprint density at radius 3 is 2.58 bits per heavy atom. The number of carbonyl (C=O) groups excluding carboxylic acids is 2. The van der Waals surface area contributed by atoms with E-state index in [1.807, 2.05) is 18.2 Å². The van der Waals surface area contributed by atoms with Gasteiger partial charge >= 0.3 is 0 Å². The number of ether oxygens (including phenoxy) is 1. The number of aliphatic hydroxyl groups excluding tert-OH is 1. The molecule has 5 nitrogen and oxygen atoms in total. The molecule has 26 heavy (non-hydrogen) atoms. The van der Waals surface area contributed by atoms with Crippen molar-refractivity contribution in [1.82, 2.24) is 4.90 Å². The van der Waals surface area contributed by atoms with Crippen molar-refractivity contribution in [3.05, 3.63) is 41.2 Å². The molecule has 0 saturated heterocycles. The molecule has 142 valence electrons. The number of benzene rings is 1. The number of Topliss-reactive ketones (excluding diaryl/α,β-unsaturated/α-hetero) is 1. The fraction of sp³-hybridized carbons (Fsp3) is 0.524. The average Bonchev–Trinajstić information content (AvgIpc) is 2.89. The van der Waals surface area contributed by atoms with E-state index in [0.29, 0.717) is 18.2 Å². The van der Waals surface area contributed by atoms with Crippen LogP contribution in [0.25, 0.3) is 0 Å². The minimum atomic E-state index is -0.605. The number of rotatable bonds is 9. The summed E-state index contributed by atoms with van der Waals surface area (Å²) in [6.07, 6.45) is 4.16. The van der Waals surface area contributed by atoms with E-state index in [1.54, 1.807) is 18.1 Å². The average molecular weight is 359 g/mol. The van der Waals surface area contributed by atoms with Crippen molar-refractivity contribution in [2.75, 3.05) is 13.7 Å². The molecule has 5 heteroatoms. The number of methoxy groups -OCH3 is 1. The molecule has 1 aromatic rings. The maximum absolute atomic E-state index is 12.8. The second-order valence-corrected chi connectivity index (χ2v) is 6.84. The fourth-order valence-electron chi connectivity index (χ4n) is 3.61. The smallest absolute Gasteiger partial charge is 0.290 e. The van der Waals surface area contributed by atoms with Crippen LogP contribution in [0.5, 0.6) is 5.75 Å². The van der Waals surface area contributed by atoms with E-state index in [2.05, 4.69) is 13.8 Å². The molecule has 0 unspecified atom stereocenters. The third kappa shape index (κ3) is 3.92. The molecule has 1 aliphatic heterocycles. The number of hydrogen-bond donors (Lipinski definition) is 1. The molecule has 0 saturated carbocycles. The predicted octanol–water partition coefficient (Wildman–Crippen LogP) is 4.20. The molecule has 1 amide bonds. The van der Waals surface area contributed by atoms with Gasteiger partial charge in [-0.3, -0.25) is 9.59 Å². The lowest BCUT2D eigenvalue weighted by Gasteiger charge is -2.31. The summed E-state index contributed by atoms with van der Waals surface area (Å²) >= 11 is 0. The highest BCUT2D eigenvalue weighted by atomic mass is 16.5. The van der Waals surface area contributed by atoms with Gasteiger partial charge in [-0.1, -0.05) is 51.3 Å². The summed E-state index contributed by atoms with van der Waals surface area (Å²) in [7, 11) is 1.56. The van der Waals surface area contributed by atoms with Crippen LogP contribution in [0.4, 0.5) is 0 Å².